The molecule has 0 radical (unpaired) electrons. The van der Waals surface area contributed by atoms with E-state index >= 15 is 0 Å². The number of aromatic carboxylic acids is 2. The zero-order chi connectivity index (χ0) is 17.1. The molecule has 118 valence electrons. The van der Waals surface area contributed by atoms with Crippen molar-refractivity contribution in [1.82, 2.24) is 9.97 Å². The zero-order valence-electron chi connectivity index (χ0n) is 12.4. The van der Waals surface area contributed by atoms with E-state index in [1.54, 1.807) is 48.5 Å². The summed E-state index contributed by atoms with van der Waals surface area (Å²) in [6, 6.07) is 17.9. The van der Waals surface area contributed by atoms with Crippen LogP contribution >= 0.6 is 0 Å². The zero-order valence-corrected chi connectivity index (χ0v) is 12.4. The molecule has 0 aliphatic heterocycles. The van der Waals surface area contributed by atoms with Gasteiger partial charge in [-0.1, -0.05) is 60.7 Å². The summed E-state index contributed by atoms with van der Waals surface area (Å²) in [6.45, 7) is 0. The largest absolute Gasteiger partial charge is 0.476 e. The molecule has 2 aromatic carbocycles. The highest BCUT2D eigenvalue weighted by atomic mass is 16.4. The summed E-state index contributed by atoms with van der Waals surface area (Å²) in [5, 5.41) is 18.6. The molecule has 0 unspecified atom stereocenters. The molecule has 24 heavy (non-hydrogen) atoms. The van der Waals surface area contributed by atoms with Crippen LogP contribution in [0.4, 0.5) is 0 Å². The lowest BCUT2D eigenvalue weighted by atomic mass is 10.0. The van der Waals surface area contributed by atoms with Crippen molar-refractivity contribution in [3.05, 3.63) is 72.1 Å². The fraction of sp³-hybridized carbons (Fsp3) is 0. The monoisotopic (exact) mass is 320 g/mol. The van der Waals surface area contributed by atoms with E-state index in [4.69, 9.17) is 0 Å². The minimum atomic E-state index is -1.43. The van der Waals surface area contributed by atoms with Gasteiger partial charge in [0.05, 0.1) is 11.4 Å². The summed E-state index contributed by atoms with van der Waals surface area (Å²) in [7, 11) is 0. The number of carboxylic acids is 2. The van der Waals surface area contributed by atoms with Crippen LogP contribution in [0.25, 0.3) is 22.5 Å². The van der Waals surface area contributed by atoms with E-state index in [0.717, 1.165) is 0 Å². The van der Waals surface area contributed by atoms with Gasteiger partial charge in [-0.05, 0) is 0 Å². The number of benzene rings is 2. The van der Waals surface area contributed by atoms with Crippen molar-refractivity contribution < 1.29 is 19.8 Å². The molecule has 0 bridgehead atoms. The van der Waals surface area contributed by atoms with Crippen molar-refractivity contribution in [1.29, 1.82) is 0 Å². The average Bonchev–Trinajstić information content (AvgIpc) is 2.62. The summed E-state index contributed by atoms with van der Waals surface area (Å²) < 4.78 is 0. The number of aromatic nitrogens is 2. The van der Waals surface area contributed by atoms with Crippen molar-refractivity contribution in [2.24, 2.45) is 0 Å². The van der Waals surface area contributed by atoms with E-state index < -0.39 is 23.3 Å². The average molecular weight is 320 g/mol. The van der Waals surface area contributed by atoms with Gasteiger partial charge in [-0.2, -0.15) is 0 Å². The quantitative estimate of drug-likeness (QED) is 0.765. The number of nitrogens with zero attached hydrogens (tertiary/aromatic N) is 2. The highest BCUT2D eigenvalue weighted by Gasteiger charge is 2.24. The second-order valence-corrected chi connectivity index (χ2v) is 4.96. The van der Waals surface area contributed by atoms with Crippen molar-refractivity contribution in [3.63, 3.8) is 0 Å². The first-order valence-corrected chi connectivity index (χ1v) is 7.07. The Hall–Kier alpha value is -3.54. The Labute approximate surface area is 137 Å². The minimum Gasteiger partial charge on any atom is -0.476 e. The third-order valence-electron chi connectivity index (χ3n) is 3.40. The Morgan fingerprint density at radius 1 is 0.625 bits per heavy atom. The smallest absolute Gasteiger partial charge is 0.357 e. The Morgan fingerprint density at radius 3 is 1.25 bits per heavy atom. The lowest BCUT2D eigenvalue weighted by molar-refractivity contribution is 0.0641. The number of hydrogen-bond acceptors (Lipinski definition) is 4. The summed E-state index contributed by atoms with van der Waals surface area (Å²) in [6.07, 6.45) is 0. The SMILES string of the molecule is O=C(O)c1nc(-c2ccccc2)c(-c2ccccc2)nc1C(=O)O. The Balaban J connectivity index is 2.35. The van der Waals surface area contributed by atoms with Crippen molar-refractivity contribution in [3.8, 4) is 22.5 Å². The van der Waals surface area contributed by atoms with Gasteiger partial charge in [-0.15, -0.1) is 0 Å². The maximum atomic E-state index is 11.4. The van der Waals surface area contributed by atoms with Crippen molar-refractivity contribution in [2.75, 3.05) is 0 Å². The molecular weight excluding hydrogens is 308 g/mol. The van der Waals surface area contributed by atoms with Crippen LogP contribution in [0.3, 0.4) is 0 Å². The number of carboxylic acid groups (broad SMARTS) is 2. The summed E-state index contributed by atoms with van der Waals surface area (Å²) in [5.41, 5.74) is 0.794. The maximum Gasteiger partial charge on any atom is 0.357 e. The molecule has 3 rings (SSSR count). The minimum absolute atomic E-state index is 0.323. The predicted octanol–water partition coefficient (Wildman–Crippen LogP) is 3.21. The van der Waals surface area contributed by atoms with Gasteiger partial charge in [0.2, 0.25) is 0 Å². The number of hydrogen-bond donors (Lipinski definition) is 2. The third-order valence-corrected chi connectivity index (χ3v) is 3.40. The van der Waals surface area contributed by atoms with Gasteiger partial charge in [0, 0.05) is 11.1 Å². The fourth-order valence-corrected chi connectivity index (χ4v) is 2.33. The first kappa shape index (κ1) is 15.4. The molecule has 0 saturated carbocycles. The molecule has 3 aromatic rings. The second-order valence-electron chi connectivity index (χ2n) is 4.96. The molecule has 6 nitrogen and oxygen atoms in total. The van der Waals surface area contributed by atoms with Crippen LogP contribution in [0, 0.1) is 0 Å². The molecule has 0 atom stereocenters. The standard InChI is InChI=1S/C18H12N2O4/c21-17(22)15-16(18(23)24)20-14(12-9-5-2-6-10-12)13(19-15)11-7-3-1-4-8-11/h1-10H,(H,21,22)(H,23,24). The number of carbonyl (C=O) groups is 2. The number of rotatable bonds is 4. The molecule has 0 fully saturated rings. The highest BCUT2D eigenvalue weighted by Crippen LogP contribution is 2.29. The molecule has 2 N–H and O–H groups in total. The van der Waals surface area contributed by atoms with Crippen LogP contribution in [0.1, 0.15) is 21.0 Å². The first-order valence-electron chi connectivity index (χ1n) is 7.07. The molecule has 1 heterocycles. The van der Waals surface area contributed by atoms with Crippen LogP contribution in [-0.2, 0) is 0 Å². The van der Waals surface area contributed by atoms with Gasteiger partial charge < -0.3 is 10.2 Å². The Bertz CT molecular complexity index is 833. The Morgan fingerprint density at radius 2 is 0.958 bits per heavy atom. The van der Waals surface area contributed by atoms with Gasteiger partial charge in [0.15, 0.2) is 11.4 Å². The van der Waals surface area contributed by atoms with Crippen LogP contribution in [0.15, 0.2) is 60.7 Å². The molecular formula is C18H12N2O4. The van der Waals surface area contributed by atoms with E-state index in [2.05, 4.69) is 9.97 Å². The predicted molar refractivity (Wildman–Crippen MR) is 86.8 cm³/mol. The summed E-state index contributed by atoms with van der Waals surface area (Å²) in [5.74, 6) is -2.87. The molecule has 1 aromatic heterocycles. The van der Waals surface area contributed by atoms with E-state index in [1.165, 1.54) is 0 Å². The van der Waals surface area contributed by atoms with Crippen molar-refractivity contribution in [2.45, 2.75) is 0 Å². The van der Waals surface area contributed by atoms with Crippen molar-refractivity contribution >= 4 is 11.9 Å². The highest BCUT2D eigenvalue weighted by molar-refractivity contribution is 6.00. The van der Waals surface area contributed by atoms with E-state index in [0.29, 0.717) is 22.5 Å². The normalized spacial score (nSPS) is 10.3. The summed E-state index contributed by atoms with van der Waals surface area (Å²) in [4.78, 5) is 31.0. The first-order chi connectivity index (χ1) is 11.6. The van der Waals surface area contributed by atoms with E-state index in [-0.39, 0.29) is 0 Å². The lowest BCUT2D eigenvalue weighted by Gasteiger charge is -2.11. The second kappa shape index (κ2) is 6.29. The van der Waals surface area contributed by atoms with Gasteiger partial charge in [-0.3, -0.25) is 0 Å². The Kier molecular flexibility index (Phi) is 4.03. The molecule has 0 aliphatic carbocycles. The molecule has 0 spiro atoms. The van der Waals surface area contributed by atoms with Crippen LogP contribution < -0.4 is 0 Å². The summed E-state index contributed by atoms with van der Waals surface area (Å²) >= 11 is 0. The van der Waals surface area contributed by atoms with E-state index in [9.17, 15) is 19.8 Å². The van der Waals surface area contributed by atoms with E-state index in [1.807, 2.05) is 12.1 Å². The molecule has 0 aliphatic rings. The molecule has 6 heteroatoms. The maximum absolute atomic E-state index is 11.4. The molecule has 0 amide bonds. The van der Waals surface area contributed by atoms with Gasteiger partial charge in [0.25, 0.3) is 0 Å². The third kappa shape index (κ3) is 2.85. The van der Waals surface area contributed by atoms with Crippen LogP contribution in [0.5, 0.6) is 0 Å². The fourth-order valence-electron chi connectivity index (χ4n) is 2.33. The van der Waals surface area contributed by atoms with Gasteiger partial charge >= 0.3 is 11.9 Å². The molecule has 0 saturated heterocycles. The lowest BCUT2D eigenvalue weighted by Crippen LogP contribution is -2.15. The van der Waals surface area contributed by atoms with Gasteiger partial charge in [-0.25, -0.2) is 19.6 Å². The van der Waals surface area contributed by atoms with Crippen LogP contribution in [-0.4, -0.2) is 32.1 Å². The van der Waals surface area contributed by atoms with Gasteiger partial charge in [0.1, 0.15) is 0 Å². The topological polar surface area (TPSA) is 100 Å². The van der Waals surface area contributed by atoms with Crippen LogP contribution in [0.2, 0.25) is 0 Å².